The lowest BCUT2D eigenvalue weighted by Gasteiger charge is -2.34. The fraction of sp³-hybridized carbons (Fsp3) is 0.316. The third-order valence-corrected chi connectivity index (χ3v) is 4.21. The molecule has 1 heterocycles. The molecule has 1 N–H and O–H groups in total. The Morgan fingerprint density at radius 2 is 2.08 bits per heavy atom. The summed E-state index contributed by atoms with van der Waals surface area (Å²) in [5.74, 6) is 0.362. The lowest BCUT2D eigenvalue weighted by molar-refractivity contribution is 0.188. The molecule has 0 unspecified atom stereocenters. The van der Waals surface area contributed by atoms with Crippen LogP contribution in [0.15, 0.2) is 36.4 Å². The molecule has 0 aromatic heterocycles. The zero-order valence-corrected chi connectivity index (χ0v) is 14.1. The van der Waals surface area contributed by atoms with Crippen LogP contribution in [-0.4, -0.2) is 18.7 Å². The molecule has 24 heavy (non-hydrogen) atoms. The Bertz CT molecular complexity index is 776. The summed E-state index contributed by atoms with van der Waals surface area (Å²) in [6.45, 7) is 6.15. The number of urea groups is 1. The molecule has 0 saturated carbocycles. The molecule has 3 rings (SSSR count). The second kappa shape index (κ2) is 6.51. The number of carbonyl (C=O) groups is 1. The lowest BCUT2D eigenvalue weighted by Crippen LogP contribution is -2.45. The van der Waals surface area contributed by atoms with Crippen molar-refractivity contribution < 1.29 is 13.9 Å². The number of amides is 2. The Morgan fingerprint density at radius 1 is 1.29 bits per heavy atom. The maximum atomic E-state index is 13.7. The average molecular weight is 328 g/mol. The third-order valence-electron chi connectivity index (χ3n) is 4.21. The van der Waals surface area contributed by atoms with Gasteiger partial charge in [0.25, 0.3) is 0 Å². The highest BCUT2D eigenvalue weighted by atomic mass is 19.1. The van der Waals surface area contributed by atoms with Crippen LogP contribution in [0.2, 0.25) is 0 Å². The van der Waals surface area contributed by atoms with Crippen LogP contribution < -0.4 is 15.0 Å². The first-order chi connectivity index (χ1) is 11.5. The van der Waals surface area contributed by atoms with Gasteiger partial charge in [0.15, 0.2) is 0 Å². The molecule has 1 aliphatic rings. The summed E-state index contributed by atoms with van der Waals surface area (Å²) in [7, 11) is 0. The van der Waals surface area contributed by atoms with Crippen molar-refractivity contribution in [3.63, 3.8) is 0 Å². The average Bonchev–Trinajstić information content (AvgIpc) is 2.57. The number of carbonyl (C=O) groups excluding carboxylic acids is 1. The van der Waals surface area contributed by atoms with Gasteiger partial charge in [-0.1, -0.05) is 19.1 Å². The summed E-state index contributed by atoms with van der Waals surface area (Å²) in [4.78, 5) is 14.4. The van der Waals surface area contributed by atoms with Crippen molar-refractivity contribution in [1.82, 2.24) is 0 Å². The van der Waals surface area contributed by atoms with Gasteiger partial charge in [0.05, 0.1) is 12.2 Å². The molecule has 1 aliphatic heterocycles. The van der Waals surface area contributed by atoms with E-state index in [9.17, 15) is 9.18 Å². The van der Waals surface area contributed by atoms with E-state index in [1.165, 1.54) is 6.07 Å². The van der Waals surface area contributed by atoms with Gasteiger partial charge in [0, 0.05) is 5.69 Å². The van der Waals surface area contributed by atoms with Crippen LogP contribution in [-0.2, 0) is 0 Å². The van der Waals surface area contributed by atoms with Crippen LogP contribution >= 0.6 is 0 Å². The molecular formula is C19H21FN2O2. The maximum absolute atomic E-state index is 13.7. The number of anilines is 2. The van der Waals surface area contributed by atoms with E-state index in [2.05, 4.69) is 5.32 Å². The van der Waals surface area contributed by atoms with E-state index in [1.54, 1.807) is 24.0 Å². The van der Waals surface area contributed by atoms with E-state index in [1.807, 2.05) is 32.0 Å². The summed E-state index contributed by atoms with van der Waals surface area (Å²) in [5.41, 5.74) is 2.78. The molecule has 0 radical (unpaired) electrons. The van der Waals surface area contributed by atoms with Gasteiger partial charge in [-0.25, -0.2) is 9.18 Å². The molecular weight excluding hydrogens is 307 g/mol. The quantitative estimate of drug-likeness (QED) is 0.871. The minimum absolute atomic E-state index is 0.0549. The van der Waals surface area contributed by atoms with Crippen LogP contribution in [0.3, 0.4) is 0 Å². The van der Waals surface area contributed by atoms with Crippen LogP contribution in [0.25, 0.3) is 0 Å². The predicted octanol–water partition coefficient (Wildman–Crippen LogP) is 4.65. The predicted molar refractivity (Wildman–Crippen MR) is 93.4 cm³/mol. The first-order valence-electron chi connectivity index (χ1n) is 8.10. The Kier molecular flexibility index (Phi) is 4.42. The van der Waals surface area contributed by atoms with Gasteiger partial charge in [-0.2, -0.15) is 0 Å². The third kappa shape index (κ3) is 3.20. The number of halogens is 1. The number of nitrogens with zero attached hydrogens (tertiary/aromatic N) is 1. The molecule has 0 aliphatic carbocycles. The summed E-state index contributed by atoms with van der Waals surface area (Å²) in [6, 6.07) is 10.2. The van der Waals surface area contributed by atoms with Crippen LogP contribution in [0, 0.1) is 19.7 Å². The van der Waals surface area contributed by atoms with E-state index in [-0.39, 0.29) is 18.0 Å². The van der Waals surface area contributed by atoms with Gasteiger partial charge in [-0.3, -0.25) is 4.90 Å². The number of nitrogens with one attached hydrogen (secondary N) is 1. The number of hydrogen-bond donors (Lipinski definition) is 1. The Morgan fingerprint density at radius 3 is 2.79 bits per heavy atom. The number of hydrogen-bond acceptors (Lipinski definition) is 2. The van der Waals surface area contributed by atoms with Gasteiger partial charge in [-0.05, 0) is 55.7 Å². The molecule has 0 saturated heterocycles. The molecule has 0 fully saturated rings. The largest absolute Gasteiger partial charge is 0.486 e. The molecule has 2 amide bonds. The number of fused-ring (bicyclic) bond motifs is 1. The highest BCUT2D eigenvalue weighted by Gasteiger charge is 2.29. The highest BCUT2D eigenvalue weighted by Crippen LogP contribution is 2.35. The van der Waals surface area contributed by atoms with Crippen LogP contribution in [0.1, 0.15) is 24.5 Å². The second-order valence-electron chi connectivity index (χ2n) is 6.12. The van der Waals surface area contributed by atoms with E-state index in [4.69, 9.17) is 4.74 Å². The minimum Gasteiger partial charge on any atom is -0.486 e. The fourth-order valence-corrected chi connectivity index (χ4v) is 2.72. The van der Waals surface area contributed by atoms with E-state index < -0.39 is 0 Å². The van der Waals surface area contributed by atoms with Crippen molar-refractivity contribution in [3.8, 4) is 5.75 Å². The Labute approximate surface area is 141 Å². The highest BCUT2D eigenvalue weighted by molar-refractivity contribution is 6.03. The SMILES string of the molecule is CC[C@H]1CN(C(=O)Nc2ccc(C)c(F)c2)c2cc(C)ccc2O1. The lowest BCUT2D eigenvalue weighted by atomic mass is 10.1. The zero-order valence-electron chi connectivity index (χ0n) is 14.1. The normalized spacial score (nSPS) is 16.3. The molecule has 2 aromatic carbocycles. The van der Waals surface area contributed by atoms with E-state index in [0.717, 1.165) is 17.7 Å². The van der Waals surface area contributed by atoms with Gasteiger partial charge >= 0.3 is 6.03 Å². The monoisotopic (exact) mass is 328 g/mol. The van der Waals surface area contributed by atoms with Crippen LogP contribution in [0.5, 0.6) is 5.75 Å². The number of rotatable bonds is 2. The first kappa shape index (κ1) is 16.3. The van der Waals surface area contributed by atoms with E-state index in [0.29, 0.717) is 23.5 Å². The topological polar surface area (TPSA) is 41.6 Å². The smallest absolute Gasteiger partial charge is 0.326 e. The first-order valence-corrected chi connectivity index (χ1v) is 8.10. The van der Waals surface area contributed by atoms with Crippen molar-refractivity contribution in [2.75, 3.05) is 16.8 Å². The zero-order chi connectivity index (χ0) is 17.3. The molecule has 126 valence electrons. The van der Waals surface area contributed by atoms with Crippen molar-refractivity contribution in [3.05, 3.63) is 53.3 Å². The van der Waals surface area contributed by atoms with E-state index >= 15 is 0 Å². The molecule has 2 aromatic rings. The van der Waals surface area contributed by atoms with Crippen molar-refractivity contribution in [2.45, 2.75) is 33.3 Å². The van der Waals surface area contributed by atoms with Crippen molar-refractivity contribution >= 4 is 17.4 Å². The summed E-state index contributed by atoms with van der Waals surface area (Å²) < 4.78 is 19.6. The number of aryl methyl sites for hydroxylation is 2. The summed E-state index contributed by atoms with van der Waals surface area (Å²) >= 11 is 0. The summed E-state index contributed by atoms with van der Waals surface area (Å²) in [5, 5.41) is 2.78. The number of benzene rings is 2. The molecule has 4 nitrogen and oxygen atoms in total. The minimum atomic E-state index is -0.336. The molecule has 1 atom stereocenters. The van der Waals surface area contributed by atoms with Gasteiger partial charge < -0.3 is 10.1 Å². The van der Waals surface area contributed by atoms with Crippen molar-refractivity contribution in [2.24, 2.45) is 0 Å². The second-order valence-corrected chi connectivity index (χ2v) is 6.12. The van der Waals surface area contributed by atoms with Gasteiger partial charge in [0.2, 0.25) is 0 Å². The molecule has 0 spiro atoms. The Balaban J connectivity index is 1.88. The van der Waals surface area contributed by atoms with Gasteiger partial charge in [-0.15, -0.1) is 0 Å². The Hall–Kier alpha value is -2.56. The maximum Gasteiger partial charge on any atom is 0.326 e. The van der Waals surface area contributed by atoms with Crippen molar-refractivity contribution in [1.29, 1.82) is 0 Å². The molecule has 0 bridgehead atoms. The summed E-state index contributed by atoms with van der Waals surface area (Å²) in [6.07, 6.45) is 0.747. The van der Waals surface area contributed by atoms with Gasteiger partial charge in [0.1, 0.15) is 17.7 Å². The molecule has 5 heteroatoms. The van der Waals surface area contributed by atoms with Crippen LogP contribution in [0.4, 0.5) is 20.6 Å². The number of ether oxygens (including phenoxy) is 1. The fourth-order valence-electron chi connectivity index (χ4n) is 2.72. The standard InChI is InChI=1S/C19H21FN2O2/c1-4-15-11-22(17-9-12(2)5-8-18(17)24-15)19(23)21-14-7-6-13(3)16(20)10-14/h5-10,15H,4,11H2,1-3H3,(H,21,23)/t15-/m0/s1.